The molecule has 2 saturated heterocycles. The zero-order valence-electron chi connectivity index (χ0n) is 19.4. The van der Waals surface area contributed by atoms with Crippen LogP contribution < -0.4 is 4.74 Å². The van der Waals surface area contributed by atoms with E-state index in [0.29, 0.717) is 36.9 Å². The van der Waals surface area contributed by atoms with Gasteiger partial charge in [0.15, 0.2) is 0 Å². The lowest BCUT2D eigenvalue weighted by molar-refractivity contribution is -0.136. The quantitative estimate of drug-likeness (QED) is 0.565. The molecule has 0 atom stereocenters. The number of ether oxygens (including phenoxy) is 1. The minimum atomic E-state index is -0.299. The number of halogens is 1. The van der Waals surface area contributed by atoms with Crippen LogP contribution in [0.4, 0.5) is 0 Å². The number of aromatic nitrogens is 1. The molecule has 0 spiro atoms. The molecular formula is C25H32ClN3O3S. The molecule has 0 saturated carbocycles. The first-order chi connectivity index (χ1) is 15.8. The van der Waals surface area contributed by atoms with Crippen molar-refractivity contribution in [3.63, 3.8) is 0 Å². The Morgan fingerprint density at radius 3 is 2.45 bits per heavy atom. The highest BCUT2D eigenvalue weighted by Gasteiger charge is 2.40. The summed E-state index contributed by atoms with van der Waals surface area (Å²) >= 11 is 7.58. The van der Waals surface area contributed by atoms with Gasteiger partial charge in [0.2, 0.25) is 5.91 Å². The van der Waals surface area contributed by atoms with E-state index in [1.165, 1.54) is 17.8 Å². The van der Waals surface area contributed by atoms with Crippen LogP contribution in [0.5, 0.6) is 5.75 Å². The maximum Gasteiger partial charge on any atom is 0.265 e. The first kappa shape index (κ1) is 24.0. The molecule has 1 aromatic heterocycles. The molecule has 0 radical (unpaired) electrons. The number of carbonyl (C=O) groups is 2. The van der Waals surface area contributed by atoms with Gasteiger partial charge in [-0.05, 0) is 64.2 Å². The summed E-state index contributed by atoms with van der Waals surface area (Å²) in [6, 6.07) is 7.37. The molecule has 2 fully saturated rings. The molecule has 0 N–H and O–H groups in total. The Labute approximate surface area is 204 Å². The molecule has 0 aliphatic carbocycles. The molecule has 178 valence electrons. The lowest BCUT2D eigenvalue weighted by Gasteiger charge is -2.42. The van der Waals surface area contributed by atoms with Gasteiger partial charge >= 0.3 is 0 Å². The van der Waals surface area contributed by atoms with Crippen LogP contribution in [0.15, 0.2) is 24.3 Å². The predicted molar refractivity (Wildman–Crippen MR) is 131 cm³/mol. The molecule has 3 heterocycles. The fourth-order valence-corrected chi connectivity index (χ4v) is 5.87. The summed E-state index contributed by atoms with van der Waals surface area (Å²) < 4.78 is 6.15. The fraction of sp³-hybridized carbons (Fsp3) is 0.560. The van der Waals surface area contributed by atoms with Crippen LogP contribution in [-0.2, 0) is 4.79 Å². The average molecular weight is 490 g/mol. The molecule has 6 nitrogen and oxygen atoms in total. The fourth-order valence-electron chi connectivity index (χ4n) is 4.80. The third kappa shape index (κ3) is 5.87. The van der Waals surface area contributed by atoms with Crippen LogP contribution in [0.3, 0.4) is 0 Å². The van der Waals surface area contributed by atoms with Crippen LogP contribution in [0.25, 0.3) is 0 Å². The number of carbonyl (C=O) groups excluding carboxylic acids is 2. The van der Waals surface area contributed by atoms with Crippen LogP contribution in [0.1, 0.15) is 58.9 Å². The van der Waals surface area contributed by atoms with E-state index < -0.39 is 0 Å². The molecule has 2 aliphatic heterocycles. The summed E-state index contributed by atoms with van der Waals surface area (Å²) in [5.74, 6) is 0.962. The van der Waals surface area contributed by atoms with Crippen molar-refractivity contribution in [3.8, 4) is 5.75 Å². The second kappa shape index (κ2) is 10.4. The van der Waals surface area contributed by atoms with E-state index in [1.807, 2.05) is 41.8 Å². The monoisotopic (exact) mass is 489 g/mol. The van der Waals surface area contributed by atoms with Gasteiger partial charge in [-0.2, -0.15) is 0 Å². The van der Waals surface area contributed by atoms with E-state index in [2.05, 4.69) is 4.98 Å². The maximum absolute atomic E-state index is 13.2. The average Bonchev–Trinajstić information content (AvgIpc) is 3.16. The summed E-state index contributed by atoms with van der Waals surface area (Å²) in [6.45, 7) is 7.17. The molecule has 2 aromatic rings. The Balaban J connectivity index is 1.46. The van der Waals surface area contributed by atoms with Crippen molar-refractivity contribution in [2.24, 2.45) is 5.41 Å². The highest BCUT2D eigenvalue weighted by atomic mass is 35.5. The zero-order valence-corrected chi connectivity index (χ0v) is 21.0. The van der Waals surface area contributed by atoms with E-state index in [-0.39, 0.29) is 17.2 Å². The zero-order chi connectivity index (χ0) is 23.4. The highest BCUT2D eigenvalue weighted by molar-refractivity contribution is 7.13. The second-order valence-corrected chi connectivity index (χ2v) is 10.9. The maximum atomic E-state index is 13.2. The topological polar surface area (TPSA) is 62.7 Å². The number of piperidine rings is 2. The number of benzene rings is 1. The molecule has 4 rings (SSSR count). The summed E-state index contributed by atoms with van der Waals surface area (Å²) in [7, 11) is 0. The summed E-state index contributed by atoms with van der Waals surface area (Å²) in [5, 5.41) is 1.53. The molecule has 1 aromatic carbocycles. The number of nitrogens with zero attached hydrogens (tertiary/aromatic N) is 3. The third-order valence-electron chi connectivity index (χ3n) is 6.79. The number of amides is 2. The van der Waals surface area contributed by atoms with Crippen LogP contribution in [0, 0.1) is 19.3 Å². The van der Waals surface area contributed by atoms with E-state index >= 15 is 0 Å². The number of aryl methyl sites for hydroxylation is 2. The van der Waals surface area contributed by atoms with Gasteiger partial charge in [-0.1, -0.05) is 17.7 Å². The summed E-state index contributed by atoms with van der Waals surface area (Å²) in [5.41, 5.74) is 0.496. The Morgan fingerprint density at radius 2 is 1.82 bits per heavy atom. The molecular weight excluding hydrogens is 458 g/mol. The van der Waals surface area contributed by atoms with Gasteiger partial charge < -0.3 is 14.5 Å². The Bertz CT molecular complexity index is 995. The SMILES string of the molecule is Cc1nc(C)c(C(=O)N2CCC(COc3cccc(Cl)c3)(CC(=O)N3CCCCC3)CC2)s1. The summed E-state index contributed by atoms with van der Waals surface area (Å²) in [4.78, 5) is 35.3. The molecule has 0 bridgehead atoms. The molecule has 0 unspecified atom stereocenters. The number of likely N-dealkylation sites (tertiary alicyclic amines) is 2. The smallest absolute Gasteiger partial charge is 0.265 e. The Kier molecular flexibility index (Phi) is 7.59. The van der Waals surface area contributed by atoms with Gasteiger partial charge in [-0.3, -0.25) is 9.59 Å². The predicted octanol–water partition coefficient (Wildman–Crippen LogP) is 5.12. The van der Waals surface area contributed by atoms with Crippen molar-refractivity contribution in [2.45, 2.75) is 52.4 Å². The number of hydrogen-bond donors (Lipinski definition) is 0. The van der Waals surface area contributed by atoms with Crippen LogP contribution in [0.2, 0.25) is 5.02 Å². The van der Waals surface area contributed by atoms with Crippen LogP contribution in [-0.4, -0.2) is 59.4 Å². The first-order valence-corrected chi connectivity index (χ1v) is 12.9. The van der Waals surface area contributed by atoms with Crippen molar-refractivity contribution in [1.29, 1.82) is 0 Å². The molecule has 2 amide bonds. The van der Waals surface area contributed by atoms with Crippen molar-refractivity contribution in [2.75, 3.05) is 32.8 Å². The highest BCUT2D eigenvalue weighted by Crippen LogP contribution is 2.38. The normalized spacial score (nSPS) is 18.3. The first-order valence-electron chi connectivity index (χ1n) is 11.7. The lowest BCUT2D eigenvalue weighted by Crippen LogP contribution is -2.48. The van der Waals surface area contributed by atoms with Gasteiger partial charge in [-0.15, -0.1) is 11.3 Å². The van der Waals surface area contributed by atoms with Gasteiger partial charge in [0.1, 0.15) is 10.6 Å². The minimum Gasteiger partial charge on any atom is -0.493 e. The number of thiazole rings is 1. The van der Waals surface area contributed by atoms with Crippen molar-refractivity contribution in [1.82, 2.24) is 14.8 Å². The number of rotatable bonds is 6. The van der Waals surface area contributed by atoms with E-state index in [9.17, 15) is 9.59 Å². The van der Waals surface area contributed by atoms with Gasteiger partial charge in [-0.25, -0.2) is 4.98 Å². The lowest BCUT2D eigenvalue weighted by atomic mass is 9.75. The van der Waals surface area contributed by atoms with E-state index in [1.54, 1.807) is 6.07 Å². The van der Waals surface area contributed by atoms with Gasteiger partial charge in [0.25, 0.3) is 5.91 Å². The third-order valence-corrected chi connectivity index (χ3v) is 8.08. The van der Waals surface area contributed by atoms with Crippen LogP contribution >= 0.6 is 22.9 Å². The van der Waals surface area contributed by atoms with Crippen molar-refractivity contribution in [3.05, 3.63) is 44.9 Å². The van der Waals surface area contributed by atoms with Crippen molar-refractivity contribution >= 4 is 34.8 Å². The Morgan fingerprint density at radius 1 is 1.09 bits per heavy atom. The Hall–Kier alpha value is -2.12. The summed E-state index contributed by atoms with van der Waals surface area (Å²) in [6.07, 6.45) is 5.27. The van der Waals surface area contributed by atoms with E-state index in [4.69, 9.17) is 16.3 Å². The molecule has 33 heavy (non-hydrogen) atoms. The minimum absolute atomic E-state index is 0.0461. The molecule has 2 aliphatic rings. The number of hydrogen-bond acceptors (Lipinski definition) is 5. The van der Waals surface area contributed by atoms with Gasteiger partial charge in [0.05, 0.1) is 17.3 Å². The molecule has 8 heteroatoms. The van der Waals surface area contributed by atoms with Crippen molar-refractivity contribution < 1.29 is 14.3 Å². The van der Waals surface area contributed by atoms with Gasteiger partial charge in [0, 0.05) is 43.0 Å². The standard InChI is InChI=1S/C25H32ClN3O3S/c1-18-23(33-19(2)27-18)24(31)29-13-9-25(10-14-29,16-22(30)28-11-4-3-5-12-28)17-32-21-8-6-7-20(26)15-21/h6-8,15H,3-5,9-14,16-17H2,1-2H3. The van der Waals surface area contributed by atoms with E-state index in [0.717, 1.165) is 54.4 Å². The second-order valence-electron chi connectivity index (χ2n) is 9.30. The largest absolute Gasteiger partial charge is 0.493 e.